The third-order valence-corrected chi connectivity index (χ3v) is 6.26. The molecular formula is C22H37N3O6. The Morgan fingerprint density at radius 1 is 1.10 bits per heavy atom. The van der Waals surface area contributed by atoms with Crippen molar-refractivity contribution in [1.29, 1.82) is 0 Å². The van der Waals surface area contributed by atoms with Crippen molar-refractivity contribution in [1.82, 2.24) is 16.0 Å². The lowest BCUT2D eigenvalue weighted by atomic mass is 9.86. The first-order valence-electron chi connectivity index (χ1n) is 11.5. The molecule has 2 unspecified atom stereocenters. The van der Waals surface area contributed by atoms with Crippen LogP contribution in [0.25, 0.3) is 0 Å². The SMILES string of the molecule is CCC1CCC(OC(=O)NC(CC(C)C)C(=O)NC(C[C@@H]2CCNC2=O)C(=O)O)CC1. The van der Waals surface area contributed by atoms with Gasteiger partial charge in [-0.25, -0.2) is 9.59 Å². The van der Waals surface area contributed by atoms with Gasteiger partial charge in [-0.05, 0) is 56.8 Å². The second-order valence-corrected chi connectivity index (χ2v) is 9.19. The predicted molar refractivity (Wildman–Crippen MR) is 114 cm³/mol. The Labute approximate surface area is 184 Å². The molecular weight excluding hydrogens is 402 g/mol. The van der Waals surface area contributed by atoms with E-state index in [9.17, 15) is 24.3 Å². The monoisotopic (exact) mass is 439 g/mol. The zero-order valence-corrected chi connectivity index (χ0v) is 18.8. The highest BCUT2D eigenvalue weighted by Crippen LogP contribution is 2.28. The summed E-state index contributed by atoms with van der Waals surface area (Å²) in [5.74, 6) is -1.64. The number of aliphatic carboxylic acids is 1. The third-order valence-electron chi connectivity index (χ3n) is 6.26. The Balaban J connectivity index is 1.92. The number of rotatable bonds is 10. The standard InChI is InChI=1S/C22H37N3O6/c1-4-14-5-7-16(8-6-14)31-22(30)25-17(11-13(2)3)20(27)24-18(21(28)29)12-15-9-10-23-19(15)26/h13-18H,4-12H2,1-3H3,(H,23,26)(H,24,27)(H,25,30)(H,28,29)/t14?,15-,16?,17?,18?/m0/s1. The quantitative estimate of drug-likeness (QED) is 0.412. The lowest BCUT2D eigenvalue weighted by Crippen LogP contribution is -2.53. The lowest BCUT2D eigenvalue weighted by molar-refractivity contribution is -0.143. The van der Waals surface area contributed by atoms with E-state index in [1.165, 1.54) is 0 Å². The van der Waals surface area contributed by atoms with E-state index in [-0.39, 0.29) is 24.3 Å². The van der Waals surface area contributed by atoms with E-state index in [4.69, 9.17) is 4.74 Å². The normalized spacial score (nSPS) is 25.4. The molecule has 2 aliphatic rings. The molecule has 0 aromatic carbocycles. The third kappa shape index (κ3) is 8.03. The molecule has 0 aromatic heterocycles. The van der Waals surface area contributed by atoms with Crippen molar-refractivity contribution >= 4 is 23.9 Å². The van der Waals surface area contributed by atoms with E-state index < -0.39 is 36.0 Å². The predicted octanol–water partition coefficient (Wildman–Crippen LogP) is 2.19. The van der Waals surface area contributed by atoms with Gasteiger partial charge in [-0.1, -0.05) is 27.2 Å². The van der Waals surface area contributed by atoms with E-state index in [2.05, 4.69) is 22.9 Å². The second kappa shape index (κ2) is 11.9. The van der Waals surface area contributed by atoms with Crippen LogP contribution in [0.4, 0.5) is 4.79 Å². The fourth-order valence-electron chi connectivity index (χ4n) is 4.34. The lowest BCUT2D eigenvalue weighted by Gasteiger charge is -2.28. The Morgan fingerprint density at radius 3 is 2.29 bits per heavy atom. The van der Waals surface area contributed by atoms with E-state index >= 15 is 0 Å². The molecule has 2 fully saturated rings. The first kappa shape index (κ1) is 24.9. The average Bonchev–Trinajstić information content (AvgIpc) is 3.11. The summed E-state index contributed by atoms with van der Waals surface area (Å²) in [5, 5.41) is 17.3. The molecule has 9 nitrogen and oxygen atoms in total. The molecule has 1 aliphatic carbocycles. The maximum Gasteiger partial charge on any atom is 0.408 e. The van der Waals surface area contributed by atoms with Gasteiger partial charge in [-0.15, -0.1) is 0 Å². The van der Waals surface area contributed by atoms with Crippen molar-refractivity contribution in [3.63, 3.8) is 0 Å². The number of carbonyl (C=O) groups excluding carboxylic acids is 3. The number of carboxylic acid groups (broad SMARTS) is 1. The van der Waals surface area contributed by atoms with Gasteiger partial charge >= 0.3 is 12.1 Å². The number of hydrogen-bond donors (Lipinski definition) is 4. The van der Waals surface area contributed by atoms with Gasteiger partial charge in [-0.3, -0.25) is 9.59 Å². The number of alkyl carbamates (subject to hydrolysis) is 1. The van der Waals surface area contributed by atoms with Gasteiger partial charge in [0.2, 0.25) is 11.8 Å². The highest BCUT2D eigenvalue weighted by atomic mass is 16.6. The number of ether oxygens (including phenoxy) is 1. The van der Waals surface area contributed by atoms with Crippen molar-refractivity contribution in [3.05, 3.63) is 0 Å². The summed E-state index contributed by atoms with van der Waals surface area (Å²) in [4.78, 5) is 48.7. The summed E-state index contributed by atoms with van der Waals surface area (Å²) in [6.07, 6.45) is 4.92. The van der Waals surface area contributed by atoms with Crippen LogP contribution < -0.4 is 16.0 Å². The Kier molecular flexibility index (Phi) is 9.58. The molecule has 2 rings (SSSR count). The Morgan fingerprint density at radius 2 is 1.77 bits per heavy atom. The van der Waals surface area contributed by atoms with E-state index in [0.29, 0.717) is 25.3 Å². The number of nitrogens with one attached hydrogen (secondary N) is 3. The minimum atomic E-state index is -1.20. The maximum absolute atomic E-state index is 12.8. The molecule has 31 heavy (non-hydrogen) atoms. The summed E-state index contributed by atoms with van der Waals surface area (Å²) in [6, 6.07) is -2.10. The molecule has 176 valence electrons. The van der Waals surface area contributed by atoms with Crippen molar-refractivity contribution in [2.45, 2.75) is 90.3 Å². The number of carbonyl (C=O) groups is 4. The van der Waals surface area contributed by atoms with E-state index in [1.54, 1.807) is 0 Å². The molecule has 0 aromatic rings. The van der Waals surface area contributed by atoms with Gasteiger partial charge in [0.05, 0.1) is 0 Å². The van der Waals surface area contributed by atoms with Crippen LogP contribution in [0.1, 0.15) is 72.1 Å². The van der Waals surface area contributed by atoms with Gasteiger partial charge in [-0.2, -0.15) is 0 Å². The summed E-state index contributed by atoms with van der Waals surface area (Å²) < 4.78 is 5.52. The molecule has 0 spiro atoms. The smallest absolute Gasteiger partial charge is 0.408 e. The Bertz CT molecular complexity index is 645. The van der Waals surface area contributed by atoms with Crippen LogP contribution in [-0.4, -0.2) is 53.7 Å². The van der Waals surface area contributed by atoms with Crippen LogP contribution in [0.15, 0.2) is 0 Å². The van der Waals surface area contributed by atoms with Crippen molar-refractivity contribution < 1.29 is 29.0 Å². The largest absolute Gasteiger partial charge is 0.480 e. The highest BCUT2D eigenvalue weighted by Gasteiger charge is 2.33. The van der Waals surface area contributed by atoms with E-state index in [1.807, 2.05) is 13.8 Å². The minimum Gasteiger partial charge on any atom is -0.480 e. The summed E-state index contributed by atoms with van der Waals surface area (Å²) in [5.41, 5.74) is 0. The van der Waals surface area contributed by atoms with Crippen LogP contribution in [0.2, 0.25) is 0 Å². The summed E-state index contributed by atoms with van der Waals surface area (Å²) in [7, 11) is 0. The molecule has 3 atom stereocenters. The van der Waals surface area contributed by atoms with Crippen LogP contribution >= 0.6 is 0 Å². The minimum absolute atomic E-state index is 0.0203. The molecule has 9 heteroatoms. The first-order valence-corrected chi connectivity index (χ1v) is 11.5. The molecule has 1 saturated heterocycles. The highest BCUT2D eigenvalue weighted by molar-refractivity contribution is 5.90. The van der Waals surface area contributed by atoms with E-state index in [0.717, 1.165) is 32.1 Å². The maximum atomic E-state index is 12.8. The summed E-state index contributed by atoms with van der Waals surface area (Å²) >= 11 is 0. The van der Waals surface area contributed by atoms with Gasteiger partial charge < -0.3 is 25.8 Å². The van der Waals surface area contributed by atoms with Gasteiger partial charge in [0.1, 0.15) is 18.2 Å². The molecule has 1 heterocycles. The topological polar surface area (TPSA) is 134 Å². The molecule has 3 amide bonds. The molecule has 1 aliphatic heterocycles. The Hall–Kier alpha value is -2.32. The van der Waals surface area contributed by atoms with Crippen LogP contribution in [0, 0.1) is 17.8 Å². The molecule has 0 radical (unpaired) electrons. The van der Waals surface area contributed by atoms with Gasteiger partial charge in [0.15, 0.2) is 0 Å². The molecule has 1 saturated carbocycles. The zero-order chi connectivity index (χ0) is 23.0. The zero-order valence-electron chi connectivity index (χ0n) is 18.8. The number of carboxylic acids is 1. The molecule has 0 bridgehead atoms. The van der Waals surface area contributed by atoms with Gasteiger partial charge in [0, 0.05) is 12.5 Å². The first-order chi connectivity index (χ1) is 14.7. The van der Waals surface area contributed by atoms with Crippen molar-refractivity contribution in [2.24, 2.45) is 17.8 Å². The van der Waals surface area contributed by atoms with Crippen molar-refractivity contribution in [3.8, 4) is 0 Å². The number of amides is 3. The number of hydrogen-bond acceptors (Lipinski definition) is 5. The average molecular weight is 440 g/mol. The van der Waals surface area contributed by atoms with Crippen molar-refractivity contribution in [2.75, 3.05) is 6.54 Å². The fraction of sp³-hybridized carbons (Fsp3) is 0.818. The van der Waals surface area contributed by atoms with Crippen LogP contribution in [0.3, 0.4) is 0 Å². The second-order valence-electron chi connectivity index (χ2n) is 9.19. The van der Waals surface area contributed by atoms with Gasteiger partial charge in [0.25, 0.3) is 0 Å². The van der Waals surface area contributed by atoms with Crippen LogP contribution in [0.5, 0.6) is 0 Å². The summed E-state index contributed by atoms with van der Waals surface area (Å²) in [6.45, 7) is 6.50. The molecule has 4 N–H and O–H groups in total. The fourth-order valence-corrected chi connectivity index (χ4v) is 4.34. The van der Waals surface area contributed by atoms with Crippen LogP contribution in [-0.2, 0) is 19.1 Å².